The topological polar surface area (TPSA) is 71.7 Å². The lowest BCUT2D eigenvalue weighted by Gasteiger charge is -2.36. The maximum atomic E-state index is 13.0. The van der Waals surface area contributed by atoms with Crippen LogP contribution in [0.1, 0.15) is 44.3 Å². The van der Waals surface area contributed by atoms with Gasteiger partial charge in [0.15, 0.2) is 12.4 Å². The van der Waals surface area contributed by atoms with Crippen LogP contribution in [0.2, 0.25) is 0 Å². The summed E-state index contributed by atoms with van der Waals surface area (Å²) >= 11 is 0. The van der Waals surface area contributed by atoms with E-state index in [2.05, 4.69) is 15.0 Å². The standard InChI is InChI=1S/C22H30N4O3/c1-17-23-22(29-24-17)19-9-2-3-10-20(19)28-16-21(27)26-14-5-4-8-18(26)11-15-25-12-6-7-13-25/h2-3,9-10,18H,4-8,11-16H2,1H3. The van der Waals surface area contributed by atoms with Gasteiger partial charge >= 0.3 is 0 Å². The van der Waals surface area contributed by atoms with Gasteiger partial charge in [0.1, 0.15) is 5.75 Å². The molecule has 3 heterocycles. The zero-order chi connectivity index (χ0) is 20.1. The summed E-state index contributed by atoms with van der Waals surface area (Å²) in [6, 6.07) is 7.80. The van der Waals surface area contributed by atoms with Crippen LogP contribution in [0.15, 0.2) is 28.8 Å². The van der Waals surface area contributed by atoms with Gasteiger partial charge in [-0.05, 0) is 70.7 Å². The first-order valence-electron chi connectivity index (χ1n) is 10.7. The van der Waals surface area contributed by atoms with E-state index in [1.54, 1.807) is 6.92 Å². The van der Waals surface area contributed by atoms with Gasteiger partial charge in [0.25, 0.3) is 11.8 Å². The minimum atomic E-state index is 0.0321. The van der Waals surface area contributed by atoms with Gasteiger partial charge in [-0.15, -0.1) is 0 Å². The monoisotopic (exact) mass is 398 g/mol. The average Bonchev–Trinajstić information content (AvgIpc) is 3.42. The van der Waals surface area contributed by atoms with E-state index in [-0.39, 0.29) is 12.5 Å². The van der Waals surface area contributed by atoms with E-state index in [9.17, 15) is 4.79 Å². The predicted octanol–water partition coefficient (Wildman–Crippen LogP) is 3.29. The number of likely N-dealkylation sites (tertiary alicyclic amines) is 2. The maximum absolute atomic E-state index is 13.0. The highest BCUT2D eigenvalue weighted by molar-refractivity contribution is 5.78. The van der Waals surface area contributed by atoms with Crippen LogP contribution in [0.3, 0.4) is 0 Å². The van der Waals surface area contributed by atoms with Crippen molar-refractivity contribution < 1.29 is 14.1 Å². The zero-order valence-electron chi connectivity index (χ0n) is 17.2. The number of carbonyl (C=O) groups excluding carboxylic acids is 1. The van der Waals surface area contributed by atoms with Crippen LogP contribution in [0.5, 0.6) is 5.75 Å². The second kappa shape index (κ2) is 9.39. The number of rotatable bonds is 7. The minimum Gasteiger partial charge on any atom is -0.483 e. The third-order valence-corrected chi connectivity index (χ3v) is 5.92. The molecule has 2 fully saturated rings. The summed E-state index contributed by atoms with van der Waals surface area (Å²) in [5.41, 5.74) is 0.713. The molecule has 0 spiro atoms. The number of ether oxygens (including phenoxy) is 1. The lowest BCUT2D eigenvalue weighted by Crippen LogP contribution is -2.47. The molecule has 1 unspecified atom stereocenters. The first-order chi connectivity index (χ1) is 14.2. The van der Waals surface area contributed by atoms with Gasteiger partial charge in [0.05, 0.1) is 5.56 Å². The first kappa shape index (κ1) is 19.9. The smallest absolute Gasteiger partial charge is 0.261 e. The fourth-order valence-corrected chi connectivity index (χ4v) is 4.36. The molecule has 2 saturated heterocycles. The molecule has 156 valence electrons. The zero-order valence-corrected chi connectivity index (χ0v) is 17.2. The van der Waals surface area contributed by atoms with Crippen molar-refractivity contribution >= 4 is 5.91 Å². The molecule has 0 saturated carbocycles. The summed E-state index contributed by atoms with van der Waals surface area (Å²) in [4.78, 5) is 21.8. The number of nitrogens with zero attached hydrogens (tertiary/aromatic N) is 4. The summed E-state index contributed by atoms with van der Waals surface area (Å²) in [5.74, 6) is 1.63. The molecule has 0 N–H and O–H groups in total. The third kappa shape index (κ3) is 4.96. The van der Waals surface area contributed by atoms with Crippen LogP contribution >= 0.6 is 0 Å². The maximum Gasteiger partial charge on any atom is 0.261 e. The summed E-state index contributed by atoms with van der Waals surface area (Å²) in [6.07, 6.45) is 7.04. The fourth-order valence-electron chi connectivity index (χ4n) is 4.36. The van der Waals surface area contributed by atoms with Crippen LogP contribution in [0.4, 0.5) is 0 Å². The number of aryl methyl sites for hydroxylation is 1. The Bertz CT molecular complexity index is 816. The first-order valence-corrected chi connectivity index (χ1v) is 10.7. The van der Waals surface area contributed by atoms with Gasteiger partial charge in [-0.25, -0.2) is 0 Å². The van der Waals surface area contributed by atoms with Crippen molar-refractivity contribution in [3.05, 3.63) is 30.1 Å². The lowest BCUT2D eigenvalue weighted by molar-refractivity contribution is -0.137. The number of para-hydroxylation sites is 1. The van der Waals surface area contributed by atoms with Gasteiger partial charge in [-0.3, -0.25) is 4.79 Å². The van der Waals surface area contributed by atoms with Gasteiger partial charge in [0.2, 0.25) is 0 Å². The molecule has 0 aliphatic carbocycles. The van der Waals surface area contributed by atoms with Crippen LogP contribution in [-0.2, 0) is 4.79 Å². The Morgan fingerprint density at radius 3 is 2.76 bits per heavy atom. The summed E-state index contributed by atoms with van der Waals surface area (Å²) < 4.78 is 11.2. The highest BCUT2D eigenvalue weighted by atomic mass is 16.5. The molecule has 4 rings (SSSR count). The lowest BCUT2D eigenvalue weighted by atomic mass is 9.99. The third-order valence-electron chi connectivity index (χ3n) is 5.92. The van der Waals surface area contributed by atoms with Crippen LogP contribution in [0.25, 0.3) is 11.5 Å². The van der Waals surface area contributed by atoms with E-state index in [0.29, 0.717) is 29.1 Å². The normalized spacial score (nSPS) is 20.2. The average molecular weight is 399 g/mol. The highest BCUT2D eigenvalue weighted by Gasteiger charge is 2.28. The Morgan fingerprint density at radius 1 is 1.17 bits per heavy atom. The van der Waals surface area contributed by atoms with Crippen molar-refractivity contribution in [2.75, 3.05) is 32.8 Å². The van der Waals surface area contributed by atoms with Crippen LogP contribution in [-0.4, -0.2) is 64.7 Å². The minimum absolute atomic E-state index is 0.0321. The SMILES string of the molecule is Cc1noc(-c2ccccc2OCC(=O)N2CCCCC2CCN2CCCC2)n1. The van der Waals surface area contributed by atoms with Crippen molar-refractivity contribution in [2.45, 2.75) is 51.5 Å². The van der Waals surface area contributed by atoms with Crippen molar-refractivity contribution in [3.8, 4) is 17.2 Å². The van der Waals surface area contributed by atoms with E-state index in [1.165, 1.54) is 32.4 Å². The molecular formula is C22H30N4O3. The number of aromatic nitrogens is 2. The van der Waals surface area contributed by atoms with Gasteiger partial charge in [0, 0.05) is 19.1 Å². The molecule has 1 aromatic heterocycles. The Hall–Kier alpha value is -2.41. The highest BCUT2D eigenvalue weighted by Crippen LogP contribution is 2.29. The molecule has 1 aromatic carbocycles. The number of hydrogen-bond acceptors (Lipinski definition) is 6. The fraction of sp³-hybridized carbons (Fsp3) is 0.591. The van der Waals surface area contributed by atoms with E-state index in [4.69, 9.17) is 9.26 Å². The van der Waals surface area contributed by atoms with Crippen molar-refractivity contribution in [1.82, 2.24) is 19.9 Å². The number of piperidine rings is 1. The largest absolute Gasteiger partial charge is 0.483 e. The van der Waals surface area contributed by atoms with Crippen molar-refractivity contribution in [3.63, 3.8) is 0 Å². The number of amides is 1. The van der Waals surface area contributed by atoms with E-state index < -0.39 is 0 Å². The van der Waals surface area contributed by atoms with Crippen LogP contribution < -0.4 is 4.74 Å². The molecule has 29 heavy (non-hydrogen) atoms. The Morgan fingerprint density at radius 2 is 1.97 bits per heavy atom. The molecule has 0 bridgehead atoms. The van der Waals surface area contributed by atoms with Crippen molar-refractivity contribution in [2.24, 2.45) is 0 Å². The van der Waals surface area contributed by atoms with Gasteiger partial charge in [-0.1, -0.05) is 17.3 Å². The molecule has 2 aliphatic heterocycles. The predicted molar refractivity (Wildman–Crippen MR) is 110 cm³/mol. The number of hydrogen-bond donors (Lipinski definition) is 0. The molecule has 2 aromatic rings. The summed E-state index contributed by atoms with van der Waals surface area (Å²) in [7, 11) is 0. The second-order valence-electron chi connectivity index (χ2n) is 8.01. The van der Waals surface area contributed by atoms with E-state index in [1.807, 2.05) is 29.2 Å². The van der Waals surface area contributed by atoms with E-state index in [0.717, 1.165) is 32.4 Å². The number of carbonyl (C=O) groups is 1. The molecule has 1 atom stereocenters. The molecule has 1 amide bonds. The van der Waals surface area contributed by atoms with Crippen molar-refractivity contribution in [1.29, 1.82) is 0 Å². The molecular weight excluding hydrogens is 368 g/mol. The molecule has 7 heteroatoms. The van der Waals surface area contributed by atoms with Gasteiger partial charge < -0.3 is 19.1 Å². The second-order valence-corrected chi connectivity index (χ2v) is 8.01. The molecule has 7 nitrogen and oxygen atoms in total. The quantitative estimate of drug-likeness (QED) is 0.713. The van der Waals surface area contributed by atoms with E-state index >= 15 is 0 Å². The summed E-state index contributed by atoms with van der Waals surface area (Å²) in [5, 5.41) is 3.84. The molecule has 2 aliphatic rings. The van der Waals surface area contributed by atoms with Crippen LogP contribution in [0, 0.1) is 6.92 Å². The Labute approximate surface area is 172 Å². The van der Waals surface area contributed by atoms with Gasteiger partial charge in [-0.2, -0.15) is 4.98 Å². The Balaban J connectivity index is 1.37. The summed E-state index contributed by atoms with van der Waals surface area (Å²) in [6.45, 7) is 6.14. The number of benzene rings is 1. The Kier molecular flexibility index (Phi) is 6.44. The molecule has 0 radical (unpaired) electrons.